The Morgan fingerprint density at radius 3 is 1.59 bits per heavy atom. The van der Waals surface area contributed by atoms with E-state index in [4.69, 9.17) is 47.8 Å². The fraction of sp³-hybridized carbons (Fsp3) is 0.432. The predicted octanol–water partition coefficient (Wildman–Crippen LogP) is 3.45. The third-order valence-electron chi connectivity index (χ3n) is 9.96. The molecule has 2 saturated heterocycles. The van der Waals surface area contributed by atoms with Gasteiger partial charge >= 0.3 is 10.4 Å². The third-order valence-corrected chi connectivity index (χ3v) is 10.4. The second-order valence-corrected chi connectivity index (χ2v) is 15.7. The topological polar surface area (TPSA) is 213 Å². The maximum Gasteiger partial charge on any atom is 0.397 e. The van der Waals surface area contributed by atoms with E-state index in [0.717, 1.165) is 22.3 Å². The second-order valence-electron chi connectivity index (χ2n) is 14.6. The van der Waals surface area contributed by atoms with Crippen molar-refractivity contribution in [3.05, 3.63) is 144 Å². The molecule has 2 heterocycles. The van der Waals surface area contributed by atoms with Crippen LogP contribution < -0.4 is 11.1 Å². The highest BCUT2D eigenvalue weighted by atomic mass is 32.3. The molecule has 0 radical (unpaired) electrons. The number of hydrogen-bond donors (Lipinski definition) is 4. The van der Waals surface area contributed by atoms with E-state index < -0.39 is 84.3 Å². The molecule has 10 atom stereocenters. The molecule has 4 aromatic carbocycles. The summed E-state index contributed by atoms with van der Waals surface area (Å²) >= 11 is 0. The first kappa shape index (κ1) is 46.3. The summed E-state index contributed by atoms with van der Waals surface area (Å²) in [6.45, 7) is 1.15. The van der Waals surface area contributed by atoms with Gasteiger partial charge < -0.3 is 54.1 Å². The minimum Gasteiger partial charge on any atom is -0.388 e. The number of amides is 1. The van der Waals surface area contributed by atoms with Crippen LogP contribution in [-0.4, -0.2) is 112 Å². The standard InChI is InChI=1S/C44H54N2O14S/c1-30(47)46-37-38(48)39(54-25-32-16-8-3-9-17-32)36(29-57-61(49,50)51)58-43(37)60-40-35(28-52-24-31-14-6-2-7-15-31)59-44(53-23-22-45)42(56-27-34-20-12-5-13-21-34)41(40)55-26-33-18-10-4-11-19-33/h2-21,35-44,48H,22-29,45H2,1H3,(H,46,47)(H,49,50,51)/t35-,36-,37-,38-,39-,40-,41+,42-,43-,44-/m1/s1. The van der Waals surface area contributed by atoms with Crippen LogP contribution in [0.25, 0.3) is 0 Å². The maximum atomic E-state index is 12.8. The van der Waals surface area contributed by atoms with Crippen LogP contribution in [0.5, 0.6) is 0 Å². The Hall–Kier alpha value is -4.18. The average molecular weight is 867 g/mol. The smallest absolute Gasteiger partial charge is 0.388 e. The first-order valence-electron chi connectivity index (χ1n) is 20.0. The molecule has 0 bridgehead atoms. The molecule has 6 rings (SSSR count). The van der Waals surface area contributed by atoms with E-state index in [1.54, 1.807) is 24.3 Å². The Kier molecular flexibility index (Phi) is 17.7. The van der Waals surface area contributed by atoms with E-state index in [9.17, 15) is 22.9 Å². The Bertz CT molecular complexity index is 1990. The van der Waals surface area contributed by atoms with Crippen molar-refractivity contribution in [3.8, 4) is 0 Å². The van der Waals surface area contributed by atoms with E-state index in [1.165, 1.54) is 6.92 Å². The number of nitrogens with two attached hydrogens (primary N) is 1. The Morgan fingerprint density at radius 2 is 1.10 bits per heavy atom. The quantitative estimate of drug-likeness (QED) is 0.0834. The van der Waals surface area contributed by atoms with E-state index in [0.29, 0.717) is 0 Å². The van der Waals surface area contributed by atoms with Crippen LogP contribution in [0.2, 0.25) is 0 Å². The minimum absolute atomic E-state index is 0.0239. The summed E-state index contributed by atoms with van der Waals surface area (Å²) in [6.07, 6.45) is -10.8. The summed E-state index contributed by atoms with van der Waals surface area (Å²) in [5.41, 5.74) is 9.25. The van der Waals surface area contributed by atoms with Gasteiger partial charge in [-0.05, 0) is 22.3 Å². The molecule has 61 heavy (non-hydrogen) atoms. The molecule has 0 spiro atoms. The molecule has 0 aliphatic carbocycles. The average Bonchev–Trinajstić information content (AvgIpc) is 3.26. The number of carbonyl (C=O) groups is 1. The zero-order valence-electron chi connectivity index (χ0n) is 33.8. The maximum absolute atomic E-state index is 12.8. The van der Waals surface area contributed by atoms with Gasteiger partial charge in [0.05, 0.1) is 46.2 Å². The molecule has 2 aliphatic rings. The molecular formula is C44H54N2O14S. The van der Waals surface area contributed by atoms with Crippen molar-refractivity contribution in [2.75, 3.05) is 26.4 Å². The van der Waals surface area contributed by atoms with Gasteiger partial charge in [-0.3, -0.25) is 9.35 Å². The lowest BCUT2D eigenvalue weighted by molar-refractivity contribution is -0.359. The number of aliphatic hydroxyl groups is 1. The SMILES string of the molecule is CC(=O)N[C@H]1[C@@H](O[C@H]2[C@H](OCc3ccccc3)[C@@H](OCc3ccccc3)[C@H](OCCN)O[C@@H]2COCc2ccccc2)O[C@H](COS(=O)(=O)O)[C@@H](OCc2ccccc2)[C@@H]1O. The van der Waals surface area contributed by atoms with Crippen molar-refractivity contribution in [3.63, 3.8) is 0 Å². The van der Waals surface area contributed by atoms with Gasteiger partial charge in [-0.25, -0.2) is 4.18 Å². The van der Waals surface area contributed by atoms with Gasteiger partial charge in [0.25, 0.3) is 0 Å². The minimum atomic E-state index is -4.97. The summed E-state index contributed by atoms with van der Waals surface area (Å²) in [5, 5.41) is 14.7. The van der Waals surface area contributed by atoms with Crippen molar-refractivity contribution >= 4 is 16.3 Å². The molecule has 2 fully saturated rings. The first-order valence-corrected chi connectivity index (χ1v) is 21.4. The summed E-state index contributed by atoms with van der Waals surface area (Å²) in [7, 11) is -4.97. The van der Waals surface area contributed by atoms with Gasteiger partial charge in [0.15, 0.2) is 12.6 Å². The number of benzene rings is 4. The number of hydrogen-bond acceptors (Lipinski definition) is 14. The van der Waals surface area contributed by atoms with Crippen LogP contribution in [0, 0.1) is 0 Å². The largest absolute Gasteiger partial charge is 0.397 e. The van der Waals surface area contributed by atoms with Crippen LogP contribution in [0.15, 0.2) is 121 Å². The highest BCUT2D eigenvalue weighted by Crippen LogP contribution is 2.35. The van der Waals surface area contributed by atoms with Gasteiger partial charge in [-0.2, -0.15) is 8.42 Å². The monoisotopic (exact) mass is 866 g/mol. The number of carbonyl (C=O) groups excluding carboxylic acids is 1. The third kappa shape index (κ3) is 14.2. The summed E-state index contributed by atoms with van der Waals surface area (Å²) < 4.78 is 89.8. The Morgan fingerprint density at radius 1 is 0.639 bits per heavy atom. The Labute approximate surface area is 356 Å². The molecule has 1 amide bonds. The molecule has 0 aromatic heterocycles. The lowest BCUT2D eigenvalue weighted by atomic mass is 9.95. The van der Waals surface area contributed by atoms with Gasteiger partial charge in [0.2, 0.25) is 5.91 Å². The van der Waals surface area contributed by atoms with Crippen molar-refractivity contribution in [2.24, 2.45) is 5.73 Å². The van der Waals surface area contributed by atoms with Gasteiger partial charge in [0, 0.05) is 13.5 Å². The van der Waals surface area contributed by atoms with Crippen LogP contribution in [0.1, 0.15) is 29.2 Å². The van der Waals surface area contributed by atoms with Crippen molar-refractivity contribution < 1.29 is 64.9 Å². The number of aliphatic hydroxyl groups excluding tert-OH is 1. The van der Waals surface area contributed by atoms with Crippen LogP contribution >= 0.6 is 0 Å². The number of nitrogens with one attached hydrogen (secondary N) is 1. The summed E-state index contributed by atoms with van der Waals surface area (Å²) in [5.74, 6) is -0.533. The fourth-order valence-electron chi connectivity index (χ4n) is 7.10. The summed E-state index contributed by atoms with van der Waals surface area (Å²) in [6, 6.07) is 36.2. The predicted molar refractivity (Wildman–Crippen MR) is 219 cm³/mol. The molecule has 5 N–H and O–H groups in total. The number of ether oxygens (including phenoxy) is 8. The van der Waals surface area contributed by atoms with Crippen molar-refractivity contribution in [2.45, 2.75) is 94.7 Å². The van der Waals surface area contributed by atoms with Crippen molar-refractivity contribution in [1.29, 1.82) is 0 Å². The Balaban J connectivity index is 1.37. The van der Waals surface area contributed by atoms with Crippen LogP contribution in [0.4, 0.5) is 0 Å². The van der Waals surface area contributed by atoms with Gasteiger partial charge in [-0.1, -0.05) is 121 Å². The molecular weight excluding hydrogens is 813 g/mol. The number of rotatable bonds is 22. The lowest BCUT2D eigenvalue weighted by Crippen LogP contribution is -2.68. The molecule has 17 heteroatoms. The molecule has 4 aromatic rings. The van der Waals surface area contributed by atoms with E-state index in [-0.39, 0.29) is 46.2 Å². The molecule has 330 valence electrons. The highest BCUT2D eigenvalue weighted by molar-refractivity contribution is 7.80. The lowest BCUT2D eigenvalue weighted by Gasteiger charge is -2.49. The molecule has 2 aliphatic heterocycles. The molecule has 16 nitrogen and oxygen atoms in total. The first-order chi connectivity index (χ1) is 29.6. The zero-order valence-corrected chi connectivity index (χ0v) is 34.6. The summed E-state index contributed by atoms with van der Waals surface area (Å²) in [4.78, 5) is 12.8. The van der Waals surface area contributed by atoms with E-state index >= 15 is 0 Å². The molecule has 0 unspecified atom stereocenters. The normalized spacial score (nSPS) is 26.8. The van der Waals surface area contributed by atoms with E-state index in [1.807, 2.05) is 97.1 Å². The van der Waals surface area contributed by atoms with Gasteiger partial charge in [0.1, 0.15) is 48.8 Å². The van der Waals surface area contributed by atoms with Crippen molar-refractivity contribution in [1.82, 2.24) is 5.32 Å². The van der Waals surface area contributed by atoms with Crippen LogP contribution in [0.3, 0.4) is 0 Å². The van der Waals surface area contributed by atoms with Crippen LogP contribution in [-0.2, 0) is 83.7 Å². The van der Waals surface area contributed by atoms with Gasteiger partial charge in [-0.15, -0.1) is 0 Å². The second kappa shape index (κ2) is 23.3. The van der Waals surface area contributed by atoms with E-state index in [2.05, 4.69) is 5.32 Å². The highest BCUT2D eigenvalue weighted by Gasteiger charge is 2.54. The molecule has 0 saturated carbocycles. The fourth-order valence-corrected chi connectivity index (χ4v) is 7.41. The zero-order chi connectivity index (χ0) is 43.0.